The smallest absolute Gasteiger partial charge is 0.123 e. The maximum Gasteiger partial charge on any atom is 0.123 e. The molecule has 3 atom stereocenters. The molecule has 3 unspecified atom stereocenters. The van der Waals surface area contributed by atoms with Crippen LogP contribution in [-0.2, 0) is 0 Å². The molecule has 0 aromatic heterocycles. The zero-order valence-electron chi connectivity index (χ0n) is 12.0. The number of aromatic hydroxyl groups is 1. The Bertz CT molecular complexity index is 427. The van der Waals surface area contributed by atoms with Gasteiger partial charge in [-0.25, -0.2) is 0 Å². The summed E-state index contributed by atoms with van der Waals surface area (Å²) >= 11 is 0. The number of nitrogens with one attached hydrogen (secondary N) is 1. The third-order valence-electron chi connectivity index (χ3n) is 4.59. The van der Waals surface area contributed by atoms with Crippen LogP contribution >= 0.6 is 0 Å². The summed E-state index contributed by atoms with van der Waals surface area (Å²) in [5.41, 5.74) is 3.01. The first-order valence-corrected chi connectivity index (χ1v) is 7.04. The molecule has 1 fully saturated rings. The average molecular weight is 247 g/mol. The highest BCUT2D eigenvalue weighted by Crippen LogP contribution is 2.33. The molecule has 1 aliphatic rings. The van der Waals surface area contributed by atoms with Crippen LogP contribution in [0, 0.1) is 25.7 Å². The maximum absolute atomic E-state index is 9.97. The molecular formula is C16H25NO. The zero-order chi connectivity index (χ0) is 13.3. The van der Waals surface area contributed by atoms with Crippen LogP contribution in [0.5, 0.6) is 5.75 Å². The lowest BCUT2D eigenvalue weighted by atomic mass is 9.79. The van der Waals surface area contributed by atoms with Gasteiger partial charge in [-0.05, 0) is 56.6 Å². The topological polar surface area (TPSA) is 32.3 Å². The Morgan fingerprint density at radius 3 is 2.50 bits per heavy atom. The Labute approximate surface area is 110 Å². The van der Waals surface area contributed by atoms with Gasteiger partial charge in [0.2, 0.25) is 0 Å². The number of phenolic OH excluding ortho intramolecular Hbond substituents is 1. The SMILES string of the molecule is Cc1ccc(NC2CCC(C)C(C)C2)c(C)c1O. The largest absolute Gasteiger partial charge is 0.507 e. The highest BCUT2D eigenvalue weighted by Gasteiger charge is 2.24. The van der Waals surface area contributed by atoms with Gasteiger partial charge < -0.3 is 10.4 Å². The summed E-state index contributed by atoms with van der Waals surface area (Å²) in [7, 11) is 0. The molecule has 1 aliphatic carbocycles. The first-order valence-electron chi connectivity index (χ1n) is 7.04. The van der Waals surface area contributed by atoms with E-state index in [0.29, 0.717) is 11.8 Å². The lowest BCUT2D eigenvalue weighted by Crippen LogP contribution is -2.30. The van der Waals surface area contributed by atoms with Crippen molar-refractivity contribution in [1.29, 1.82) is 0 Å². The number of benzene rings is 1. The van der Waals surface area contributed by atoms with Crippen molar-refractivity contribution in [2.24, 2.45) is 11.8 Å². The number of rotatable bonds is 2. The van der Waals surface area contributed by atoms with E-state index in [1.807, 2.05) is 19.9 Å². The van der Waals surface area contributed by atoms with Crippen molar-refractivity contribution in [3.8, 4) is 5.75 Å². The minimum absolute atomic E-state index is 0.428. The van der Waals surface area contributed by atoms with Gasteiger partial charge in [0.15, 0.2) is 0 Å². The van der Waals surface area contributed by atoms with E-state index in [1.165, 1.54) is 19.3 Å². The Morgan fingerprint density at radius 1 is 1.11 bits per heavy atom. The minimum Gasteiger partial charge on any atom is -0.507 e. The average Bonchev–Trinajstić information content (AvgIpc) is 2.34. The fourth-order valence-electron chi connectivity index (χ4n) is 2.89. The maximum atomic E-state index is 9.97. The fraction of sp³-hybridized carbons (Fsp3) is 0.625. The molecule has 0 bridgehead atoms. The number of hydrogen-bond acceptors (Lipinski definition) is 2. The van der Waals surface area contributed by atoms with Crippen molar-refractivity contribution in [2.75, 3.05) is 5.32 Å². The van der Waals surface area contributed by atoms with Crippen LogP contribution in [0.4, 0.5) is 5.69 Å². The summed E-state index contributed by atoms with van der Waals surface area (Å²) < 4.78 is 0. The van der Waals surface area contributed by atoms with E-state index < -0.39 is 0 Å². The predicted octanol–water partition coefficient (Wildman–Crippen LogP) is 4.25. The van der Waals surface area contributed by atoms with E-state index in [4.69, 9.17) is 0 Å². The first-order chi connectivity index (χ1) is 8.49. The fourth-order valence-corrected chi connectivity index (χ4v) is 2.89. The summed E-state index contributed by atoms with van der Waals surface area (Å²) in [5, 5.41) is 13.6. The number of hydrogen-bond donors (Lipinski definition) is 2. The highest BCUT2D eigenvalue weighted by atomic mass is 16.3. The van der Waals surface area contributed by atoms with Crippen LogP contribution in [-0.4, -0.2) is 11.1 Å². The summed E-state index contributed by atoms with van der Waals surface area (Å²) in [5.74, 6) is 2.06. The van der Waals surface area contributed by atoms with Crippen LogP contribution in [0.3, 0.4) is 0 Å². The number of phenols is 1. The second-order valence-electron chi connectivity index (χ2n) is 6.01. The highest BCUT2D eigenvalue weighted by molar-refractivity contribution is 5.59. The molecule has 0 spiro atoms. The molecule has 1 saturated carbocycles. The lowest BCUT2D eigenvalue weighted by Gasteiger charge is -2.33. The summed E-state index contributed by atoms with van der Waals surface area (Å²) in [6, 6.07) is 4.63. The molecule has 2 nitrogen and oxygen atoms in total. The van der Waals surface area contributed by atoms with Crippen molar-refractivity contribution in [3.63, 3.8) is 0 Å². The number of aryl methyl sites for hydroxylation is 1. The second kappa shape index (κ2) is 5.21. The molecule has 2 N–H and O–H groups in total. The van der Waals surface area contributed by atoms with E-state index >= 15 is 0 Å². The Hall–Kier alpha value is -1.18. The van der Waals surface area contributed by atoms with Crippen molar-refractivity contribution in [2.45, 2.75) is 53.0 Å². The van der Waals surface area contributed by atoms with E-state index in [1.54, 1.807) is 0 Å². The van der Waals surface area contributed by atoms with Gasteiger partial charge in [-0.3, -0.25) is 0 Å². The molecule has 0 heterocycles. The molecular weight excluding hydrogens is 222 g/mol. The summed E-state index contributed by atoms with van der Waals surface area (Å²) in [6.45, 7) is 8.62. The quantitative estimate of drug-likeness (QED) is 0.819. The molecule has 2 heteroatoms. The van der Waals surface area contributed by atoms with E-state index in [0.717, 1.165) is 28.7 Å². The van der Waals surface area contributed by atoms with Gasteiger partial charge in [-0.1, -0.05) is 19.9 Å². The molecule has 0 radical (unpaired) electrons. The molecule has 100 valence electrons. The monoisotopic (exact) mass is 247 g/mol. The van der Waals surface area contributed by atoms with Crippen LogP contribution < -0.4 is 5.32 Å². The van der Waals surface area contributed by atoms with Gasteiger partial charge in [-0.15, -0.1) is 0 Å². The van der Waals surface area contributed by atoms with Gasteiger partial charge in [0, 0.05) is 17.3 Å². The van der Waals surface area contributed by atoms with Crippen LogP contribution in [0.1, 0.15) is 44.2 Å². The first kappa shape index (κ1) is 13.3. The van der Waals surface area contributed by atoms with Crippen molar-refractivity contribution in [1.82, 2.24) is 0 Å². The number of anilines is 1. The van der Waals surface area contributed by atoms with Crippen molar-refractivity contribution in [3.05, 3.63) is 23.3 Å². The van der Waals surface area contributed by atoms with Crippen molar-refractivity contribution >= 4 is 5.69 Å². The molecule has 1 aromatic carbocycles. The van der Waals surface area contributed by atoms with Crippen LogP contribution in [0.15, 0.2) is 12.1 Å². The third kappa shape index (κ3) is 2.63. The van der Waals surface area contributed by atoms with Gasteiger partial charge >= 0.3 is 0 Å². The van der Waals surface area contributed by atoms with E-state index in [-0.39, 0.29) is 0 Å². The third-order valence-corrected chi connectivity index (χ3v) is 4.59. The zero-order valence-corrected chi connectivity index (χ0v) is 12.0. The second-order valence-corrected chi connectivity index (χ2v) is 6.01. The van der Waals surface area contributed by atoms with Gasteiger partial charge in [0.25, 0.3) is 0 Å². The Morgan fingerprint density at radius 2 is 1.83 bits per heavy atom. The normalized spacial score (nSPS) is 28.1. The van der Waals surface area contributed by atoms with Gasteiger partial charge in [-0.2, -0.15) is 0 Å². The summed E-state index contributed by atoms with van der Waals surface area (Å²) in [4.78, 5) is 0. The lowest BCUT2D eigenvalue weighted by molar-refractivity contribution is 0.261. The van der Waals surface area contributed by atoms with Gasteiger partial charge in [0.1, 0.15) is 5.75 Å². The summed E-state index contributed by atoms with van der Waals surface area (Å²) in [6.07, 6.45) is 3.77. The van der Waals surface area contributed by atoms with Crippen LogP contribution in [0.2, 0.25) is 0 Å². The Kier molecular flexibility index (Phi) is 3.84. The van der Waals surface area contributed by atoms with E-state index in [9.17, 15) is 5.11 Å². The van der Waals surface area contributed by atoms with Crippen LogP contribution in [0.25, 0.3) is 0 Å². The molecule has 0 aliphatic heterocycles. The molecule has 0 saturated heterocycles. The molecule has 1 aromatic rings. The van der Waals surface area contributed by atoms with Gasteiger partial charge in [0.05, 0.1) is 0 Å². The van der Waals surface area contributed by atoms with Crippen molar-refractivity contribution < 1.29 is 5.11 Å². The standard InChI is InChI=1S/C16H25NO/c1-10-5-7-14(9-12(10)3)17-15-8-6-11(2)16(18)13(15)4/h6,8,10,12,14,17-18H,5,7,9H2,1-4H3. The molecule has 2 rings (SSSR count). The van der Waals surface area contributed by atoms with E-state index in [2.05, 4.69) is 25.2 Å². The Balaban J connectivity index is 2.08. The predicted molar refractivity (Wildman–Crippen MR) is 77.2 cm³/mol. The minimum atomic E-state index is 0.428. The molecule has 18 heavy (non-hydrogen) atoms. The molecule has 0 amide bonds.